The van der Waals surface area contributed by atoms with Gasteiger partial charge in [0.25, 0.3) is 5.91 Å². The molecular formula is C22H22N2O3. The van der Waals surface area contributed by atoms with Gasteiger partial charge in [-0.05, 0) is 42.7 Å². The molecule has 2 heterocycles. The van der Waals surface area contributed by atoms with Gasteiger partial charge in [-0.15, -0.1) is 0 Å². The third-order valence-corrected chi connectivity index (χ3v) is 5.28. The third-order valence-electron chi connectivity index (χ3n) is 5.28. The largest absolute Gasteiger partial charge is 0.497 e. The van der Waals surface area contributed by atoms with E-state index in [0.29, 0.717) is 11.9 Å². The molecule has 0 radical (unpaired) electrons. The normalized spacial score (nSPS) is 15.1. The summed E-state index contributed by atoms with van der Waals surface area (Å²) in [5.74, 6) is 0.513. The van der Waals surface area contributed by atoms with Gasteiger partial charge in [-0.1, -0.05) is 24.3 Å². The predicted octanol–water partition coefficient (Wildman–Crippen LogP) is 3.40. The lowest BCUT2D eigenvalue weighted by Crippen LogP contribution is -2.31. The molecule has 0 bridgehead atoms. The van der Waals surface area contributed by atoms with Crippen LogP contribution in [0.5, 0.6) is 5.75 Å². The number of carbonyl (C=O) groups is 1. The van der Waals surface area contributed by atoms with E-state index in [1.165, 1.54) is 5.56 Å². The highest BCUT2D eigenvalue weighted by atomic mass is 16.5. The van der Waals surface area contributed by atoms with Crippen LogP contribution in [0.1, 0.15) is 34.5 Å². The maximum absolute atomic E-state index is 13.0. The van der Waals surface area contributed by atoms with Gasteiger partial charge in [0.05, 0.1) is 12.6 Å². The molecule has 5 nitrogen and oxygen atoms in total. The first-order valence-electron chi connectivity index (χ1n) is 9.04. The van der Waals surface area contributed by atoms with E-state index in [-0.39, 0.29) is 22.9 Å². The molecule has 4 rings (SSSR count). The van der Waals surface area contributed by atoms with Crippen molar-refractivity contribution in [3.8, 4) is 5.75 Å². The van der Waals surface area contributed by atoms with Gasteiger partial charge in [0, 0.05) is 31.2 Å². The van der Waals surface area contributed by atoms with Crippen LogP contribution in [0.4, 0.5) is 0 Å². The summed E-state index contributed by atoms with van der Waals surface area (Å²) in [4.78, 5) is 27.6. The summed E-state index contributed by atoms with van der Waals surface area (Å²) in [6.07, 6.45) is 2.62. The number of rotatable bonds is 4. The highest BCUT2D eigenvalue weighted by molar-refractivity contribution is 5.98. The predicted molar refractivity (Wildman–Crippen MR) is 105 cm³/mol. The molecule has 3 aromatic rings. The Labute approximate surface area is 157 Å². The Morgan fingerprint density at radius 1 is 1.22 bits per heavy atom. The fourth-order valence-corrected chi connectivity index (χ4v) is 3.85. The standard InChI is InChI=1S/C22H22N2O3/c1-14-11-16-5-4-6-18-20(16)24(14)13-19(21(18)25)22(26)23(2)12-15-7-9-17(27-3)10-8-15/h4-10,13-14H,11-12H2,1-3H3. The van der Waals surface area contributed by atoms with Crippen molar-refractivity contribution in [2.75, 3.05) is 14.2 Å². The molecule has 0 saturated heterocycles. The Kier molecular flexibility index (Phi) is 4.22. The van der Waals surface area contributed by atoms with E-state index >= 15 is 0 Å². The molecule has 138 valence electrons. The zero-order valence-electron chi connectivity index (χ0n) is 15.7. The van der Waals surface area contributed by atoms with E-state index < -0.39 is 0 Å². The van der Waals surface area contributed by atoms with Crippen LogP contribution in [0.15, 0.2) is 53.5 Å². The summed E-state index contributed by atoms with van der Waals surface area (Å²) >= 11 is 0. The topological polar surface area (TPSA) is 51.5 Å². The van der Waals surface area contributed by atoms with E-state index in [4.69, 9.17) is 4.74 Å². The number of nitrogens with zero attached hydrogens (tertiary/aromatic N) is 2. The molecule has 0 fully saturated rings. The summed E-state index contributed by atoms with van der Waals surface area (Å²) in [5.41, 5.74) is 3.15. The SMILES string of the molecule is COc1ccc(CN(C)C(=O)c2cn3c4c(cccc4c2=O)CC3C)cc1. The summed E-state index contributed by atoms with van der Waals surface area (Å²) in [6.45, 7) is 2.54. The minimum atomic E-state index is -0.258. The second kappa shape index (κ2) is 6.58. The van der Waals surface area contributed by atoms with Gasteiger partial charge < -0.3 is 14.2 Å². The highest BCUT2D eigenvalue weighted by Gasteiger charge is 2.25. The van der Waals surface area contributed by atoms with Crippen molar-refractivity contribution in [3.63, 3.8) is 0 Å². The van der Waals surface area contributed by atoms with E-state index in [1.807, 2.05) is 36.4 Å². The number of pyridine rings is 1. The van der Waals surface area contributed by atoms with Gasteiger partial charge in [0.15, 0.2) is 0 Å². The maximum Gasteiger partial charge on any atom is 0.259 e. The van der Waals surface area contributed by atoms with Crippen LogP contribution < -0.4 is 10.2 Å². The van der Waals surface area contributed by atoms with Gasteiger partial charge in [0.2, 0.25) is 5.43 Å². The van der Waals surface area contributed by atoms with Crippen molar-refractivity contribution >= 4 is 16.8 Å². The number of para-hydroxylation sites is 1. The Bertz CT molecular complexity index is 1080. The summed E-state index contributed by atoms with van der Waals surface area (Å²) in [5, 5.41) is 0.626. The Morgan fingerprint density at radius 2 is 1.96 bits per heavy atom. The minimum absolute atomic E-state index is 0.191. The third kappa shape index (κ3) is 2.89. The fourth-order valence-electron chi connectivity index (χ4n) is 3.85. The number of hydrogen-bond acceptors (Lipinski definition) is 3. The Morgan fingerprint density at radius 3 is 2.67 bits per heavy atom. The average molecular weight is 362 g/mol. The monoisotopic (exact) mass is 362 g/mol. The Hall–Kier alpha value is -3.08. The average Bonchev–Trinajstić information content (AvgIpc) is 3.00. The molecule has 1 atom stereocenters. The van der Waals surface area contributed by atoms with Gasteiger partial charge >= 0.3 is 0 Å². The molecule has 0 spiro atoms. The van der Waals surface area contributed by atoms with Crippen LogP contribution in [-0.4, -0.2) is 29.5 Å². The van der Waals surface area contributed by atoms with Gasteiger partial charge in [-0.2, -0.15) is 0 Å². The molecule has 1 aliphatic rings. The maximum atomic E-state index is 13.0. The van der Waals surface area contributed by atoms with Crippen LogP contribution in [0, 0.1) is 0 Å². The van der Waals surface area contributed by atoms with Crippen LogP contribution in [0.25, 0.3) is 10.9 Å². The second-order valence-electron chi connectivity index (χ2n) is 7.15. The van der Waals surface area contributed by atoms with Crippen molar-refractivity contribution < 1.29 is 9.53 Å². The first kappa shape index (κ1) is 17.3. The lowest BCUT2D eigenvalue weighted by atomic mass is 10.1. The van der Waals surface area contributed by atoms with E-state index in [9.17, 15) is 9.59 Å². The summed E-state index contributed by atoms with van der Waals surface area (Å²) < 4.78 is 7.23. The van der Waals surface area contributed by atoms with Crippen molar-refractivity contribution in [1.82, 2.24) is 9.47 Å². The number of amides is 1. The molecule has 1 aromatic heterocycles. The quantitative estimate of drug-likeness (QED) is 0.715. The molecule has 1 aliphatic heterocycles. The number of methoxy groups -OCH3 is 1. The molecule has 27 heavy (non-hydrogen) atoms. The molecule has 5 heteroatoms. The molecule has 0 aliphatic carbocycles. The molecule has 0 N–H and O–H groups in total. The van der Waals surface area contributed by atoms with Crippen LogP contribution >= 0.6 is 0 Å². The van der Waals surface area contributed by atoms with Crippen LogP contribution in [0.2, 0.25) is 0 Å². The smallest absolute Gasteiger partial charge is 0.259 e. The van der Waals surface area contributed by atoms with Crippen LogP contribution in [-0.2, 0) is 13.0 Å². The minimum Gasteiger partial charge on any atom is -0.497 e. The molecule has 0 saturated carbocycles. The number of benzene rings is 2. The van der Waals surface area contributed by atoms with Gasteiger partial charge in [-0.3, -0.25) is 9.59 Å². The van der Waals surface area contributed by atoms with Crippen LogP contribution in [0.3, 0.4) is 0 Å². The summed E-state index contributed by atoms with van der Waals surface area (Å²) in [6, 6.07) is 13.6. The lowest BCUT2D eigenvalue weighted by molar-refractivity contribution is 0.0783. The van der Waals surface area contributed by atoms with Crippen molar-refractivity contribution in [1.29, 1.82) is 0 Å². The number of ether oxygens (including phenoxy) is 1. The van der Waals surface area contributed by atoms with Crippen molar-refractivity contribution in [2.24, 2.45) is 0 Å². The zero-order valence-corrected chi connectivity index (χ0v) is 15.7. The summed E-state index contributed by atoms with van der Waals surface area (Å²) in [7, 11) is 3.34. The van der Waals surface area contributed by atoms with Gasteiger partial charge in [-0.25, -0.2) is 0 Å². The first-order chi connectivity index (χ1) is 13.0. The first-order valence-corrected chi connectivity index (χ1v) is 9.04. The van der Waals surface area contributed by atoms with E-state index in [2.05, 4.69) is 17.6 Å². The van der Waals surface area contributed by atoms with E-state index in [1.54, 1.807) is 25.3 Å². The number of carbonyl (C=O) groups excluding carboxylic acids is 1. The molecular weight excluding hydrogens is 340 g/mol. The molecule has 1 amide bonds. The highest BCUT2D eigenvalue weighted by Crippen LogP contribution is 2.31. The number of aromatic nitrogens is 1. The molecule has 2 aromatic carbocycles. The number of hydrogen-bond donors (Lipinski definition) is 0. The van der Waals surface area contributed by atoms with Crippen molar-refractivity contribution in [3.05, 3.63) is 75.6 Å². The molecule has 1 unspecified atom stereocenters. The van der Waals surface area contributed by atoms with Gasteiger partial charge in [0.1, 0.15) is 11.3 Å². The fraction of sp³-hybridized carbons (Fsp3) is 0.273. The lowest BCUT2D eigenvalue weighted by Gasteiger charge is -2.19. The second-order valence-corrected chi connectivity index (χ2v) is 7.15. The zero-order chi connectivity index (χ0) is 19.1. The van der Waals surface area contributed by atoms with Crippen molar-refractivity contribution in [2.45, 2.75) is 25.9 Å². The van der Waals surface area contributed by atoms with E-state index in [0.717, 1.165) is 23.3 Å². The Balaban J connectivity index is 1.69.